The Morgan fingerprint density at radius 3 is 2.60 bits per heavy atom. The Hall–Kier alpha value is -3.52. The minimum absolute atomic E-state index is 0.0612. The second kappa shape index (κ2) is 13.5. The Morgan fingerprint density at radius 2 is 1.96 bits per heavy atom. The molecule has 1 N–H and O–H groups in total. The first-order chi connectivity index (χ1) is 22.1. The molecule has 1 atom stereocenters. The van der Waals surface area contributed by atoms with Crippen LogP contribution in [0.1, 0.15) is 37.6 Å². The monoisotopic (exact) mass is 741 g/mol. The fourth-order valence-corrected chi connectivity index (χ4v) is 7.31. The number of amides is 1. The van der Waals surface area contributed by atoms with Crippen molar-refractivity contribution in [3.05, 3.63) is 69.0 Å². The Balaban J connectivity index is 1.51. The van der Waals surface area contributed by atoms with Gasteiger partial charge in [-0.1, -0.05) is 38.4 Å². The number of rotatable bonds is 10. The number of ether oxygens (including phenoxy) is 1. The fourth-order valence-electron chi connectivity index (χ4n) is 5.25. The van der Waals surface area contributed by atoms with Gasteiger partial charge >= 0.3 is 6.09 Å². The van der Waals surface area contributed by atoms with Crippen molar-refractivity contribution in [1.82, 2.24) is 29.6 Å². The SMILES string of the molecule is Cc1c(-c2c(Br)cnn2C)nc(-c2cc(OCC(CN(C)C(=O)O)O[Si](C)(C)C(C)(C)C)ccc2Cl)nc1N1Cc2cccnc2C1. The molecule has 0 bridgehead atoms. The number of pyridine rings is 1. The van der Waals surface area contributed by atoms with Gasteiger partial charge in [0.25, 0.3) is 0 Å². The molecule has 3 aromatic heterocycles. The van der Waals surface area contributed by atoms with E-state index in [1.165, 1.54) is 11.9 Å². The van der Waals surface area contributed by atoms with Crippen molar-refractivity contribution in [3.8, 4) is 28.5 Å². The number of halogens is 2. The first-order valence-corrected chi connectivity index (χ1v) is 19.4. The summed E-state index contributed by atoms with van der Waals surface area (Å²) in [6.45, 7) is 14.4. The number of benzene rings is 1. The van der Waals surface area contributed by atoms with Gasteiger partial charge in [0.05, 0.1) is 46.3 Å². The van der Waals surface area contributed by atoms with Gasteiger partial charge in [-0.25, -0.2) is 14.8 Å². The van der Waals surface area contributed by atoms with Crippen molar-refractivity contribution in [2.24, 2.45) is 7.05 Å². The van der Waals surface area contributed by atoms with E-state index in [2.05, 4.69) is 70.8 Å². The highest BCUT2D eigenvalue weighted by Gasteiger charge is 2.40. The number of likely N-dealkylation sites (N-methyl/N-ethyl adjacent to an activating group) is 1. The van der Waals surface area contributed by atoms with Crippen LogP contribution in [0.2, 0.25) is 23.2 Å². The minimum Gasteiger partial charge on any atom is -0.491 e. The van der Waals surface area contributed by atoms with Crippen molar-refractivity contribution in [2.45, 2.75) is 65.0 Å². The number of anilines is 1. The average Bonchev–Trinajstić information content (AvgIpc) is 3.58. The summed E-state index contributed by atoms with van der Waals surface area (Å²) < 4.78 is 15.5. The van der Waals surface area contributed by atoms with Crippen molar-refractivity contribution in [1.29, 1.82) is 0 Å². The number of carboxylic acid groups (broad SMARTS) is 1. The molecule has 14 heteroatoms. The molecule has 0 fully saturated rings. The van der Waals surface area contributed by atoms with Crippen LogP contribution in [0, 0.1) is 6.92 Å². The molecule has 0 aliphatic carbocycles. The van der Waals surface area contributed by atoms with E-state index in [0.29, 0.717) is 35.2 Å². The maximum Gasteiger partial charge on any atom is 0.407 e. The number of aromatic nitrogens is 5. The lowest BCUT2D eigenvalue weighted by Gasteiger charge is -2.39. The van der Waals surface area contributed by atoms with E-state index in [0.717, 1.165) is 38.5 Å². The van der Waals surface area contributed by atoms with E-state index in [1.54, 1.807) is 23.0 Å². The summed E-state index contributed by atoms with van der Waals surface area (Å²) in [5.74, 6) is 1.75. The van der Waals surface area contributed by atoms with E-state index in [1.807, 2.05) is 32.3 Å². The van der Waals surface area contributed by atoms with Gasteiger partial charge in [0, 0.05) is 38.0 Å². The maximum absolute atomic E-state index is 11.7. The second-order valence-corrected chi connectivity index (χ2v) is 19.4. The van der Waals surface area contributed by atoms with Gasteiger partial charge in [-0.2, -0.15) is 5.10 Å². The number of nitrogens with zero attached hydrogens (tertiary/aromatic N) is 7. The summed E-state index contributed by atoms with van der Waals surface area (Å²) in [6, 6.07) is 9.41. The van der Waals surface area contributed by atoms with Crippen LogP contribution in [-0.2, 0) is 24.6 Å². The van der Waals surface area contributed by atoms with Crippen LogP contribution in [0.25, 0.3) is 22.8 Å². The summed E-state index contributed by atoms with van der Waals surface area (Å²) in [5.41, 5.74) is 5.23. The highest BCUT2D eigenvalue weighted by Crippen LogP contribution is 2.40. The normalized spacial score (nSPS) is 13.9. The molecule has 4 aromatic rings. The lowest BCUT2D eigenvalue weighted by molar-refractivity contribution is 0.0794. The Kier molecular flexibility index (Phi) is 10.0. The van der Waals surface area contributed by atoms with Gasteiger partial charge < -0.3 is 24.1 Å². The van der Waals surface area contributed by atoms with Gasteiger partial charge in [-0.15, -0.1) is 0 Å². The predicted octanol–water partition coefficient (Wildman–Crippen LogP) is 7.56. The quantitative estimate of drug-likeness (QED) is 0.164. The Morgan fingerprint density at radius 1 is 1.21 bits per heavy atom. The van der Waals surface area contributed by atoms with E-state index in [-0.39, 0.29) is 18.2 Å². The smallest absolute Gasteiger partial charge is 0.407 e. The molecule has 0 saturated heterocycles. The summed E-state index contributed by atoms with van der Waals surface area (Å²) in [4.78, 5) is 29.8. The summed E-state index contributed by atoms with van der Waals surface area (Å²) >= 11 is 10.5. The largest absolute Gasteiger partial charge is 0.491 e. The van der Waals surface area contributed by atoms with E-state index < -0.39 is 20.5 Å². The molecule has 47 heavy (non-hydrogen) atoms. The lowest BCUT2D eigenvalue weighted by Crippen LogP contribution is -2.49. The number of hydrogen-bond acceptors (Lipinski definition) is 8. The van der Waals surface area contributed by atoms with Crippen molar-refractivity contribution in [3.63, 3.8) is 0 Å². The van der Waals surface area contributed by atoms with Crippen LogP contribution in [0.15, 0.2) is 47.2 Å². The molecule has 1 aromatic carbocycles. The third kappa shape index (κ3) is 7.48. The number of fused-ring (bicyclic) bond motifs is 1. The summed E-state index contributed by atoms with van der Waals surface area (Å²) in [6.07, 6.45) is 2.06. The van der Waals surface area contributed by atoms with E-state index in [9.17, 15) is 9.90 Å². The van der Waals surface area contributed by atoms with Gasteiger partial charge in [0.2, 0.25) is 0 Å². The van der Waals surface area contributed by atoms with Gasteiger partial charge in [-0.05, 0) is 70.8 Å². The summed E-state index contributed by atoms with van der Waals surface area (Å²) in [7, 11) is 1.18. The zero-order chi connectivity index (χ0) is 34.3. The number of aryl methyl sites for hydroxylation is 1. The molecule has 1 unspecified atom stereocenters. The zero-order valence-corrected chi connectivity index (χ0v) is 31.3. The first-order valence-electron chi connectivity index (χ1n) is 15.3. The molecule has 1 amide bonds. The molecule has 4 heterocycles. The minimum atomic E-state index is -2.23. The van der Waals surface area contributed by atoms with Crippen LogP contribution in [0.5, 0.6) is 5.75 Å². The molecule has 1 aliphatic heterocycles. The third-order valence-electron chi connectivity index (χ3n) is 8.91. The predicted molar refractivity (Wildman–Crippen MR) is 189 cm³/mol. The fraction of sp³-hybridized carbons (Fsp3) is 0.424. The van der Waals surface area contributed by atoms with Crippen LogP contribution >= 0.6 is 27.5 Å². The molecular formula is C33H41BrClN7O4Si. The average molecular weight is 743 g/mol. The number of carbonyl (C=O) groups is 1. The first kappa shape index (κ1) is 34.8. The molecule has 11 nitrogen and oxygen atoms in total. The van der Waals surface area contributed by atoms with Crippen molar-refractivity contribution in [2.75, 3.05) is 25.1 Å². The highest BCUT2D eigenvalue weighted by atomic mass is 79.9. The van der Waals surface area contributed by atoms with Crippen molar-refractivity contribution >= 4 is 47.8 Å². The zero-order valence-electron chi connectivity index (χ0n) is 28.0. The van der Waals surface area contributed by atoms with E-state index in [4.69, 9.17) is 30.7 Å². The molecule has 0 spiro atoms. The van der Waals surface area contributed by atoms with Crippen LogP contribution in [0.4, 0.5) is 10.6 Å². The molecule has 250 valence electrons. The van der Waals surface area contributed by atoms with Crippen LogP contribution < -0.4 is 9.64 Å². The lowest BCUT2D eigenvalue weighted by atomic mass is 10.1. The van der Waals surface area contributed by atoms with Crippen molar-refractivity contribution < 1.29 is 19.1 Å². The third-order valence-corrected chi connectivity index (χ3v) is 14.4. The number of hydrogen-bond donors (Lipinski definition) is 1. The molecule has 0 saturated carbocycles. The Labute approximate surface area is 290 Å². The summed E-state index contributed by atoms with van der Waals surface area (Å²) in [5, 5.41) is 14.4. The van der Waals surface area contributed by atoms with Gasteiger partial charge in [-0.3, -0.25) is 9.67 Å². The van der Waals surface area contributed by atoms with Gasteiger partial charge in [0.15, 0.2) is 14.1 Å². The van der Waals surface area contributed by atoms with Crippen LogP contribution in [-0.4, -0.2) is 75.5 Å². The second-order valence-electron chi connectivity index (χ2n) is 13.4. The molecule has 5 rings (SSSR count). The Bertz CT molecular complexity index is 1750. The molecule has 1 aliphatic rings. The highest BCUT2D eigenvalue weighted by molar-refractivity contribution is 9.10. The standard InChI is InChI=1S/C33H41BrClN7O4Si/c1-20-28(29-25(34)15-37-41(29)6)38-30(39-31(20)42-16-21-10-9-13-36-27(21)18-42)24-14-22(11-12-26(24)35)45-19-23(17-40(5)32(43)44)46-47(7,8)33(2,3)4/h9-15,23H,16-19H2,1-8H3,(H,43,44). The topological polar surface area (TPSA) is 119 Å². The molecule has 0 radical (unpaired) electrons. The van der Waals surface area contributed by atoms with Crippen LogP contribution in [0.3, 0.4) is 0 Å². The maximum atomic E-state index is 11.7. The van der Waals surface area contributed by atoms with E-state index >= 15 is 0 Å². The molecular weight excluding hydrogens is 702 g/mol. The van der Waals surface area contributed by atoms with Gasteiger partial charge in [0.1, 0.15) is 23.9 Å².